The number of benzene rings is 1. The summed E-state index contributed by atoms with van der Waals surface area (Å²) in [4.78, 5) is 33.9. The quantitative estimate of drug-likeness (QED) is 0.148. The number of alkyl halides is 2. The molecule has 1 fully saturated rings. The van der Waals surface area contributed by atoms with Crippen molar-refractivity contribution in [1.29, 1.82) is 0 Å². The first-order valence-corrected chi connectivity index (χ1v) is 13.9. The number of carbonyl (C=O) groups is 2. The second kappa shape index (κ2) is 11.7. The van der Waals surface area contributed by atoms with Gasteiger partial charge >= 0.3 is 0 Å². The van der Waals surface area contributed by atoms with Crippen molar-refractivity contribution in [3.8, 4) is 22.7 Å². The van der Waals surface area contributed by atoms with Crippen LogP contribution in [0.2, 0.25) is 0 Å². The molecule has 11 heteroatoms. The van der Waals surface area contributed by atoms with Crippen LogP contribution in [0.3, 0.4) is 0 Å². The highest BCUT2D eigenvalue weighted by atomic mass is 19.3. The van der Waals surface area contributed by atoms with Crippen LogP contribution in [0.4, 0.5) is 14.6 Å². The van der Waals surface area contributed by atoms with Crippen molar-refractivity contribution in [2.24, 2.45) is 5.92 Å². The molecule has 0 atom stereocenters. The van der Waals surface area contributed by atoms with Crippen LogP contribution in [0.25, 0.3) is 39.8 Å². The maximum Gasteiger partial charge on any atom is 0.251 e. The largest absolute Gasteiger partial charge is 0.460 e. The number of Topliss-reactive ketones (excluding diaryl/α,β-unsaturated/α-hetero) is 1. The number of carbonyl (C=O) groups excluding carboxylic acids is 2. The summed E-state index contributed by atoms with van der Waals surface area (Å²) in [6.07, 6.45) is 7.89. The fraction of sp³-hybridized carbons (Fsp3) is 0.250. The summed E-state index contributed by atoms with van der Waals surface area (Å²) in [6.45, 7) is 0. The number of ketones is 2. The SMILES string of the molecule is Nc1ccc(/C=C/C(=O)CCc2cc3cc(-c4ccc(C(=O)C5CCC(F)(F)CC5)cn4)cc(-c4nnco4)c3o2)cn1. The van der Waals surface area contributed by atoms with Gasteiger partial charge in [-0.2, -0.15) is 0 Å². The van der Waals surface area contributed by atoms with E-state index in [0.29, 0.717) is 40.4 Å². The zero-order valence-corrected chi connectivity index (χ0v) is 23.0. The predicted octanol–water partition coefficient (Wildman–Crippen LogP) is 6.75. The number of allylic oxidation sites excluding steroid dienone is 1. The molecule has 1 aliphatic carbocycles. The molecular formula is C32H27F2N5O4. The first kappa shape index (κ1) is 28.1. The number of pyridine rings is 2. The molecule has 5 aromatic rings. The molecule has 6 rings (SSSR count). The Morgan fingerprint density at radius 1 is 1.05 bits per heavy atom. The standard InChI is InChI=1S/C32H27F2N5O4/c33-32(34)11-9-20(10-12-32)29(41)21-3-7-27(36-17-21)22-13-23-14-25(43-30(23)26(15-22)31-39-38-18-42-31)6-5-24(40)4-1-19-2-8-28(35)37-16-19/h1-4,7-8,13-18,20H,5-6,9-12H2,(H2,35,37)/b4-1+. The maximum atomic E-state index is 13.5. The predicted molar refractivity (Wildman–Crippen MR) is 155 cm³/mol. The molecule has 0 bridgehead atoms. The zero-order chi connectivity index (χ0) is 30.0. The van der Waals surface area contributed by atoms with E-state index in [0.717, 1.165) is 16.5 Å². The minimum atomic E-state index is -2.69. The molecule has 0 unspecified atom stereocenters. The zero-order valence-electron chi connectivity index (χ0n) is 23.0. The highest BCUT2D eigenvalue weighted by Gasteiger charge is 2.37. The lowest BCUT2D eigenvalue weighted by Crippen LogP contribution is -2.28. The highest BCUT2D eigenvalue weighted by molar-refractivity contribution is 5.98. The molecule has 0 aliphatic heterocycles. The Balaban J connectivity index is 1.21. The molecule has 218 valence electrons. The normalized spacial score (nSPS) is 15.3. The minimum Gasteiger partial charge on any atom is -0.460 e. The average Bonchev–Trinajstić information content (AvgIpc) is 3.69. The number of rotatable bonds is 9. The lowest BCUT2D eigenvalue weighted by atomic mass is 9.82. The molecule has 43 heavy (non-hydrogen) atoms. The van der Waals surface area contributed by atoms with Gasteiger partial charge in [-0.3, -0.25) is 14.6 Å². The third kappa shape index (κ3) is 6.40. The Hall–Kier alpha value is -5.06. The van der Waals surface area contributed by atoms with Crippen LogP contribution < -0.4 is 5.73 Å². The van der Waals surface area contributed by atoms with Gasteiger partial charge in [-0.05, 0) is 73.0 Å². The van der Waals surface area contributed by atoms with Gasteiger partial charge in [-0.25, -0.2) is 13.8 Å². The molecule has 1 saturated carbocycles. The van der Waals surface area contributed by atoms with Gasteiger partial charge in [0.05, 0.1) is 11.3 Å². The summed E-state index contributed by atoms with van der Waals surface area (Å²) in [5.74, 6) is -2.08. The van der Waals surface area contributed by atoms with Crippen LogP contribution in [0.1, 0.15) is 53.8 Å². The van der Waals surface area contributed by atoms with E-state index in [1.54, 1.807) is 36.5 Å². The molecule has 0 spiro atoms. The molecule has 1 aromatic carbocycles. The number of hydrogen-bond acceptors (Lipinski definition) is 9. The number of nitrogens with zero attached hydrogens (tertiary/aromatic N) is 4. The van der Waals surface area contributed by atoms with E-state index >= 15 is 0 Å². The van der Waals surface area contributed by atoms with E-state index in [2.05, 4.69) is 20.2 Å². The smallest absolute Gasteiger partial charge is 0.251 e. The summed E-state index contributed by atoms with van der Waals surface area (Å²) in [5, 5.41) is 8.58. The van der Waals surface area contributed by atoms with E-state index in [-0.39, 0.29) is 49.6 Å². The minimum absolute atomic E-state index is 0.0733. The van der Waals surface area contributed by atoms with Crippen molar-refractivity contribution in [2.75, 3.05) is 5.73 Å². The van der Waals surface area contributed by atoms with Crippen molar-refractivity contribution < 1.29 is 27.2 Å². The van der Waals surface area contributed by atoms with E-state index in [9.17, 15) is 18.4 Å². The number of furan rings is 1. The fourth-order valence-electron chi connectivity index (χ4n) is 5.21. The monoisotopic (exact) mass is 583 g/mol. The topological polar surface area (TPSA) is 138 Å². The van der Waals surface area contributed by atoms with Crippen molar-refractivity contribution in [3.63, 3.8) is 0 Å². The number of nitrogens with two attached hydrogens (primary N) is 1. The molecule has 0 radical (unpaired) electrons. The van der Waals surface area contributed by atoms with Crippen LogP contribution in [0.15, 0.2) is 76.2 Å². The second-order valence-corrected chi connectivity index (χ2v) is 10.6. The Bertz CT molecular complexity index is 1790. The summed E-state index contributed by atoms with van der Waals surface area (Å²) >= 11 is 0. The second-order valence-electron chi connectivity index (χ2n) is 10.6. The number of nitrogen functional groups attached to an aromatic ring is 1. The third-order valence-electron chi connectivity index (χ3n) is 7.58. The highest BCUT2D eigenvalue weighted by Crippen LogP contribution is 2.38. The molecule has 2 N–H and O–H groups in total. The number of aryl methyl sites for hydroxylation is 1. The third-order valence-corrected chi connectivity index (χ3v) is 7.58. The van der Waals surface area contributed by atoms with Gasteiger partial charge in [0.15, 0.2) is 11.6 Å². The van der Waals surface area contributed by atoms with E-state index in [1.807, 2.05) is 18.2 Å². The van der Waals surface area contributed by atoms with E-state index in [4.69, 9.17) is 14.6 Å². The lowest BCUT2D eigenvalue weighted by molar-refractivity contribution is -0.114. The first-order valence-electron chi connectivity index (χ1n) is 13.9. The molecular weight excluding hydrogens is 556 g/mol. The van der Waals surface area contributed by atoms with Gasteiger partial charge in [-0.1, -0.05) is 0 Å². The van der Waals surface area contributed by atoms with Gasteiger partial charge < -0.3 is 14.6 Å². The van der Waals surface area contributed by atoms with Crippen molar-refractivity contribution >= 4 is 34.4 Å². The number of anilines is 1. The van der Waals surface area contributed by atoms with Gasteiger partial charge in [0, 0.05) is 60.5 Å². The van der Waals surface area contributed by atoms with E-state index in [1.165, 1.54) is 18.7 Å². The number of hydrogen-bond donors (Lipinski definition) is 1. The van der Waals surface area contributed by atoms with Crippen molar-refractivity contribution in [1.82, 2.24) is 20.2 Å². The van der Waals surface area contributed by atoms with Crippen LogP contribution in [0.5, 0.6) is 0 Å². The Morgan fingerprint density at radius 2 is 1.88 bits per heavy atom. The molecule has 0 amide bonds. The molecule has 4 aromatic heterocycles. The molecule has 1 aliphatic rings. The van der Waals surface area contributed by atoms with Crippen LogP contribution in [-0.2, 0) is 11.2 Å². The number of fused-ring (bicyclic) bond motifs is 1. The van der Waals surface area contributed by atoms with Gasteiger partial charge in [0.2, 0.25) is 12.3 Å². The van der Waals surface area contributed by atoms with Crippen molar-refractivity contribution in [2.45, 2.75) is 44.4 Å². The fourth-order valence-corrected chi connectivity index (χ4v) is 5.21. The van der Waals surface area contributed by atoms with Gasteiger partial charge in [-0.15, -0.1) is 10.2 Å². The maximum absolute atomic E-state index is 13.5. The number of aromatic nitrogens is 4. The molecule has 9 nitrogen and oxygen atoms in total. The van der Waals surface area contributed by atoms with Gasteiger partial charge in [0.25, 0.3) is 5.89 Å². The first-order chi connectivity index (χ1) is 20.7. The average molecular weight is 584 g/mol. The van der Waals surface area contributed by atoms with Crippen LogP contribution >= 0.6 is 0 Å². The summed E-state index contributed by atoms with van der Waals surface area (Å²) in [5.41, 5.74) is 9.17. The Labute approximate surface area is 244 Å². The van der Waals surface area contributed by atoms with Crippen molar-refractivity contribution in [3.05, 3.63) is 84.2 Å². The molecule has 4 heterocycles. The number of halogens is 2. The van der Waals surface area contributed by atoms with E-state index < -0.39 is 11.8 Å². The summed E-state index contributed by atoms with van der Waals surface area (Å²) in [7, 11) is 0. The summed E-state index contributed by atoms with van der Waals surface area (Å²) in [6, 6.07) is 12.4. The Kier molecular flexibility index (Phi) is 7.62. The van der Waals surface area contributed by atoms with Gasteiger partial charge in [0.1, 0.15) is 17.2 Å². The van der Waals surface area contributed by atoms with Crippen LogP contribution in [0, 0.1) is 5.92 Å². The van der Waals surface area contributed by atoms with Crippen LogP contribution in [-0.4, -0.2) is 37.7 Å². The summed E-state index contributed by atoms with van der Waals surface area (Å²) < 4.78 is 38.7. The lowest BCUT2D eigenvalue weighted by Gasteiger charge is -2.27. The molecule has 0 saturated heterocycles. The Morgan fingerprint density at radius 3 is 2.58 bits per heavy atom.